The number of aryl methyl sites for hydroxylation is 1. The maximum atomic E-state index is 12.9. The summed E-state index contributed by atoms with van der Waals surface area (Å²) < 4.78 is 5.42. The molecular weight excluding hydrogens is 310 g/mol. The Bertz CT molecular complexity index is 670. The maximum absolute atomic E-state index is 12.9. The molecule has 0 radical (unpaired) electrons. The van der Waals surface area contributed by atoms with E-state index in [2.05, 4.69) is 25.1 Å². The molecule has 0 bridgehead atoms. The molecule has 4 rings (SSSR count). The van der Waals surface area contributed by atoms with Gasteiger partial charge < -0.3 is 10.5 Å². The van der Waals surface area contributed by atoms with Crippen molar-refractivity contribution in [3.8, 4) is 5.75 Å². The van der Waals surface area contributed by atoms with Crippen LogP contribution in [0.15, 0.2) is 18.2 Å². The van der Waals surface area contributed by atoms with Gasteiger partial charge in [0.1, 0.15) is 11.5 Å². The van der Waals surface area contributed by atoms with Crippen molar-refractivity contribution < 1.29 is 9.53 Å². The van der Waals surface area contributed by atoms with Gasteiger partial charge in [0.25, 0.3) is 0 Å². The highest BCUT2D eigenvalue weighted by molar-refractivity contribution is 5.87. The van der Waals surface area contributed by atoms with Gasteiger partial charge in [-0.1, -0.05) is 13.0 Å². The van der Waals surface area contributed by atoms with Crippen LogP contribution < -0.4 is 10.5 Å². The van der Waals surface area contributed by atoms with E-state index in [1.165, 1.54) is 17.5 Å². The highest BCUT2D eigenvalue weighted by Crippen LogP contribution is 2.62. The highest BCUT2D eigenvalue weighted by Gasteiger charge is 2.58. The number of methoxy groups -OCH3 is 1. The van der Waals surface area contributed by atoms with Crippen LogP contribution in [-0.2, 0) is 11.2 Å². The Morgan fingerprint density at radius 3 is 2.92 bits per heavy atom. The van der Waals surface area contributed by atoms with Crippen LogP contribution in [0.1, 0.15) is 62.5 Å². The molecule has 0 aliphatic heterocycles. The Kier molecular flexibility index (Phi) is 4.39. The fraction of sp³-hybridized carbons (Fsp3) is 0.682. The molecular formula is C22H31NO2. The zero-order valence-corrected chi connectivity index (χ0v) is 15.6. The first kappa shape index (κ1) is 17.1. The van der Waals surface area contributed by atoms with Crippen LogP contribution in [-0.4, -0.2) is 19.4 Å². The molecule has 0 amide bonds. The first-order chi connectivity index (χ1) is 12.1. The van der Waals surface area contributed by atoms with Crippen LogP contribution in [0, 0.1) is 23.2 Å². The number of carbonyl (C=O) groups excluding carboxylic acids is 1. The first-order valence-electron chi connectivity index (χ1n) is 9.98. The fourth-order valence-electron chi connectivity index (χ4n) is 6.39. The van der Waals surface area contributed by atoms with Crippen LogP contribution in [0.25, 0.3) is 0 Å². The van der Waals surface area contributed by atoms with Gasteiger partial charge in [-0.3, -0.25) is 4.79 Å². The van der Waals surface area contributed by atoms with Gasteiger partial charge in [-0.25, -0.2) is 0 Å². The van der Waals surface area contributed by atoms with Crippen molar-refractivity contribution in [2.75, 3.05) is 13.7 Å². The molecule has 3 aliphatic carbocycles. The summed E-state index contributed by atoms with van der Waals surface area (Å²) in [4.78, 5) is 12.9. The summed E-state index contributed by atoms with van der Waals surface area (Å²) in [6.07, 6.45) is 7.53. The van der Waals surface area contributed by atoms with Crippen molar-refractivity contribution in [3.05, 3.63) is 29.3 Å². The number of ketones is 1. The van der Waals surface area contributed by atoms with Crippen LogP contribution in [0.5, 0.6) is 5.75 Å². The third-order valence-electron chi connectivity index (χ3n) is 7.56. The average Bonchev–Trinajstić information content (AvgIpc) is 2.89. The van der Waals surface area contributed by atoms with Crippen molar-refractivity contribution >= 4 is 5.78 Å². The zero-order chi connectivity index (χ0) is 17.6. The van der Waals surface area contributed by atoms with Gasteiger partial charge in [-0.2, -0.15) is 0 Å². The van der Waals surface area contributed by atoms with Gasteiger partial charge in [-0.05, 0) is 92.0 Å². The third kappa shape index (κ3) is 2.63. The van der Waals surface area contributed by atoms with Gasteiger partial charge in [0.05, 0.1) is 7.11 Å². The van der Waals surface area contributed by atoms with Crippen LogP contribution in [0.3, 0.4) is 0 Å². The lowest BCUT2D eigenvalue weighted by molar-refractivity contribution is -0.129. The Hall–Kier alpha value is -1.35. The lowest BCUT2D eigenvalue weighted by atomic mass is 9.54. The number of hydrogen-bond acceptors (Lipinski definition) is 3. The third-order valence-corrected chi connectivity index (χ3v) is 7.56. The minimum Gasteiger partial charge on any atom is -0.497 e. The quantitative estimate of drug-likeness (QED) is 0.897. The Morgan fingerprint density at radius 2 is 2.16 bits per heavy atom. The van der Waals surface area contributed by atoms with E-state index in [-0.39, 0.29) is 5.41 Å². The number of Topliss-reactive ketones (excluding diaryl/α,β-unsaturated/α-hetero) is 1. The topological polar surface area (TPSA) is 52.3 Å². The molecule has 3 nitrogen and oxygen atoms in total. The molecule has 136 valence electrons. The summed E-state index contributed by atoms with van der Waals surface area (Å²) in [5.41, 5.74) is 8.68. The minimum absolute atomic E-state index is 0.0790. The van der Waals surface area contributed by atoms with E-state index in [4.69, 9.17) is 10.5 Å². The van der Waals surface area contributed by atoms with Crippen molar-refractivity contribution in [2.45, 2.75) is 57.8 Å². The van der Waals surface area contributed by atoms with Crippen molar-refractivity contribution in [3.63, 3.8) is 0 Å². The highest BCUT2D eigenvalue weighted by atomic mass is 16.5. The fourth-order valence-corrected chi connectivity index (χ4v) is 6.39. The molecule has 2 N–H and O–H groups in total. The lowest BCUT2D eigenvalue weighted by Gasteiger charge is -2.50. The van der Waals surface area contributed by atoms with E-state index < -0.39 is 0 Å². The largest absolute Gasteiger partial charge is 0.497 e. The average molecular weight is 341 g/mol. The Labute approximate surface area is 151 Å². The van der Waals surface area contributed by atoms with E-state index in [9.17, 15) is 4.79 Å². The van der Waals surface area contributed by atoms with E-state index in [1.807, 2.05) is 0 Å². The van der Waals surface area contributed by atoms with E-state index in [0.29, 0.717) is 29.5 Å². The van der Waals surface area contributed by atoms with Gasteiger partial charge in [0.2, 0.25) is 0 Å². The number of carbonyl (C=O) groups is 1. The number of benzene rings is 1. The molecule has 2 saturated carbocycles. The molecule has 2 fully saturated rings. The Balaban J connectivity index is 1.66. The standard InChI is InChI=1S/C22H31NO2/c1-22-10-9-18-17-8-6-16(25-2)12-14(17)5-7-19(18)21(22)15(4-3-11-23)13-20(22)24/h6,8,12,15,18-19,21H,3-5,7,9-11,13,23H2,1-2H3. The molecule has 0 spiro atoms. The second-order valence-electron chi connectivity index (χ2n) is 8.67. The summed E-state index contributed by atoms with van der Waals surface area (Å²) in [6, 6.07) is 6.63. The molecule has 1 aromatic rings. The van der Waals surface area contributed by atoms with Crippen LogP contribution >= 0.6 is 0 Å². The van der Waals surface area contributed by atoms with Crippen molar-refractivity contribution in [1.29, 1.82) is 0 Å². The summed E-state index contributed by atoms with van der Waals surface area (Å²) in [5, 5.41) is 0. The minimum atomic E-state index is -0.0790. The number of ether oxygens (including phenoxy) is 1. The second-order valence-corrected chi connectivity index (χ2v) is 8.67. The van der Waals surface area contributed by atoms with Crippen LogP contribution in [0.2, 0.25) is 0 Å². The van der Waals surface area contributed by atoms with Crippen LogP contribution in [0.4, 0.5) is 0 Å². The first-order valence-corrected chi connectivity index (χ1v) is 9.98. The van der Waals surface area contributed by atoms with E-state index in [0.717, 1.165) is 50.8 Å². The van der Waals surface area contributed by atoms with E-state index in [1.54, 1.807) is 7.11 Å². The number of nitrogens with two attached hydrogens (primary N) is 1. The Morgan fingerprint density at radius 1 is 1.32 bits per heavy atom. The SMILES string of the molecule is COc1ccc2c(c1)CCC1C2CCC2(C)C(=O)CC(CCCN)C12. The molecule has 5 unspecified atom stereocenters. The van der Waals surface area contributed by atoms with Crippen molar-refractivity contribution in [1.82, 2.24) is 0 Å². The van der Waals surface area contributed by atoms with Gasteiger partial charge in [-0.15, -0.1) is 0 Å². The van der Waals surface area contributed by atoms with E-state index >= 15 is 0 Å². The molecule has 0 heterocycles. The number of fused-ring (bicyclic) bond motifs is 5. The number of hydrogen-bond donors (Lipinski definition) is 1. The maximum Gasteiger partial charge on any atom is 0.139 e. The van der Waals surface area contributed by atoms with Gasteiger partial charge in [0.15, 0.2) is 0 Å². The predicted molar refractivity (Wildman–Crippen MR) is 99.8 cm³/mol. The predicted octanol–water partition coefficient (Wildman–Crippen LogP) is 4.09. The molecule has 5 atom stereocenters. The molecule has 25 heavy (non-hydrogen) atoms. The monoisotopic (exact) mass is 341 g/mol. The van der Waals surface area contributed by atoms with Gasteiger partial charge >= 0.3 is 0 Å². The summed E-state index contributed by atoms with van der Waals surface area (Å²) in [7, 11) is 1.74. The summed E-state index contributed by atoms with van der Waals surface area (Å²) in [5.74, 6) is 3.88. The molecule has 3 aliphatic rings. The molecule has 1 aromatic carbocycles. The lowest BCUT2D eigenvalue weighted by Crippen LogP contribution is -2.44. The van der Waals surface area contributed by atoms with Crippen molar-refractivity contribution in [2.24, 2.45) is 28.9 Å². The zero-order valence-electron chi connectivity index (χ0n) is 15.6. The summed E-state index contributed by atoms with van der Waals surface area (Å²) in [6.45, 7) is 3.01. The van der Waals surface area contributed by atoms with Gasteiger partial charge in [0, 0.05) is 11.8 Å². The molecule has 0 saturated heterocycles. The smallest absolute Gasteiger partial charge is 0.139 e. The molecule has 3 heteroatoms. The number of rotatable bonds is 4. The second kappa shape index (κ2) is 6.42. The summed E-state index contributed by atoms with van der Waals surface area (Å²) >= 11 is 0. The molecule has 0 aromatic heterocycles. The normalized spacial score (nSPS) is 36.5.